The number of anilines is 1. The number of nitrogens with two attached hydrogens (primary N) is 1. The van der Waals surface area contributed by atoms with Crippen molar-refractivity contribution in [3.63, 3.8) is 0 Å². The maximum atomic E-state index is 10.8. The van der Waals surface area contributed by atoms with Crippen molar-refractivity contribution in [2.75, 3.05) is 5.73 Å². The fourth-order valence-corrected chi connectivity index (χ4v) is 1.73. The van der Waals surface area contributed by atoms with Crippen LogP contribution in [0.25, 0.3) is 0 Å². The number of ether oxygens (including phenoxy) is 1. The third-order valence-corrected chi connectivity index (χ3v) is 3.11. The summed E-state index contributed by atoms with van der Waals surface area (Å²) in [6.07, 6.45) is 0. The lowest BCUT2D eigenvalue weighted by molar-refractivity contribution is 0.0697. The molecule has 0 fully saturated rings. The summed E-state index contributed by atoms with van der Waals surface area (Å²) in [4.78, 5) is 10.8. The van der Waals surface area contributed by atoms with Gasteiger partial charge in [0.05, 0.1) is 21.3 Å². The van der Waals surface area contributed by atoms with Crippen molar-refractivity contribution in [3.8, 4) is 11.5 Å². The number of rotatable bonds is 3. The predicted molar refractivity (Wildman–Crippen MR) is 74.3 cm³/mol. The molecule has 0 amide bonds. The zero-order valence-corrected chi connectivity index (χ0v) is 11.1. The van der Waals surface area contributed by atoms with Crippen molar-refractivity contribution in [1.82, 2.24) is 0 Å². The maximum absolute atomic E-state index is 10.8. The third kappa shape index (κ3) is 3.10. The van der Waals surface area contributed by atoms with Crippen molar-refractivity contribution in [1.29, 1.82) is 0 Å². The Morgan fingerprint density at radius 2 is 1.84 bits per heavy atom. The molecule has 0 aromatic heterocycles. The van der Waals surface area contributed by atoms with Gasteiger partial charge in [0, 0.05) is 6.07 Å². The zero-order valence-electron chi connectivity index (χ0n) is 9.56. The Kier molecular flexibility index (Phi) is 3.83. The maximum Gasteiger partial charge on any atom is 0.335 e. The number of carboxylic acids is 1. The van der Waals surface area contributed by atoms with Gasteiger partial charge >= 0.3 is 5.97 Å². The van der Waals surface area contributed by atoms with Gasteiger partial charge in [-0.25, -0.2) is 4.79 Å². The van der Waals surface area contributed by atoms with Crippen LogP contribution in [-0.2, 0) is 0 Å². The van der Waals surface area contributed by atoms with E-state index in [4.69, 9.17) is 38.8 Å². The van der Waals surface area contributed by atoms with Crippen molar-refractivity contribution < 1.29 is 14.6 Å². The number of hydrogen-bond acceptors (Lipinski definition) is 3. The van der Waals surface area contributed by atoms with Crippen molar-refractivity contribution in [2.45, 2.75) is 0 Å². The first-order valence-electron chi connectivity index (χ1n) is 5.23. The van der Waals surface area contributed by atoms with Gasteiger partial charge in [0.2, 0.25) is 0 Å². The van der Waals surface area contributed by atoms with E-state index in [1.165, 1.54) is 18.2 Å². The Morgan fingerprint density at radius 1 is 1.11 bits per heavy atom. The molecule has 0 saturated heterocycles. The molecule has 98 valence electrons. The summed E-state index contributed by atoms with van der Waals surface area (Å²) in [6, 6.07) is 9.01. The molecule has 6 heteroatoms. The van der Waals surface area contributed by atoms with Crippen LogP contribution in [0.1, 0.15) is 10.4 Å². The van der Waals surface area contributed by atoms with E-state index in [9.17, 15) is 4.79 Å². The average molecular weight is 298 g/mol. The molecular weight excluding hydrogens is 289 g/mol. The monoisotopic (exact) mass is 297 g/mol. The molecular formula is C13H9Cl2NO3. The molecule has 0 unspecified atom stereocenters. The van der Waals surface area contributed by atoms with E-state index < -0.39 is 5.97 Å². The second kappa shape index (κ2) is 5.38. The molecule has 2 aromatic rings. The number of aromatic carboxylic acids is 1. The van der Waals surface area contributed by atoms with E-state index in [0.717, 1.165) is 0 Å². The Morgan fingerprint density at radius 3 is 2.42 bits per heavy atom. The standard InChI is InChI=1S/C13H9Cl2NO3/c14-9-3-2-8(6-10(9)15)19-12-4-1-7(13(17)18)5-11(12)16/h1-6H,16H2,(H,17,18). The Bertz CT molecular complexity index is 644. The Labute approximate surface area is 119 Å². The SMILES string of the molecule is Nc1cc(C(=O)O)ccc1Oc1ccc(Cl)c(Cl)c1. The molecule has 2 rings (SSSR count). The molecule has 0 aliphatic carbocycles. The normalized spacial score (nSPS) is 10.2. The first-order valence-corrected chi connectivity index (χ1v) is 5.98. The Hall–Kier alpha value is -1.91. The molecule has 0 spiro atoms. The lowest BCUT2D eigenvalue weighted by Crippen LogP contribution is -1.99. The summed E-state index contributed by atoms with van der Waals surface area (Å²) < 4.78 is 5.52. The predicted octanol–water partition coefficient (Wildman–Crippen LogP) is 4.07. The van der Waals surface area contributed by atoms with Crippen LogP contribution in [0.15, 0.2) is 36.4 Å². The van der Waals surface area contributed by atoms with Gasteiger partial charge in [-0.05, 0) is 30.3 Å². The van der Waals surface area contributed by atoms with Crippen LogP contribution >= 0.6 is 23.2 Å². The lowest BCUT2D eigenvalue weighted by Gasteiger charge is -2.09. The van der Waals surface area contributed by atoms with Crippen LogP contribution in [-0.4, -0.2) is 11.1 Å². The zero-order chi connectivity index (χ0) is 14.0. The number of benzene rings is 2. The first kappa shape index (κ1) is 13.5. The molecule has 3 N–H and O–H groups in total. The molecule has 0 aliphatic rings. The molecule has 0 saturated carbocycles. The second-order valence-electron chi connectivity index (χ2n) is 3.74. The molecule has 2 aromatic carbocycles. The van der Waals surface area contributed by atoms with Crippen molar-refractivity contribution in [2.24, 2.45) is 0 Å². The summed E-state index contributed by atoms with van der Waals surface area (Å²) in [5.74, 6) is -0.236. The van der Waals surface area contributed by atoms with E-state index in [2.05, 4.69) is 0 Å². The van der Waals surface area contributed by atoms with Crippen LogP contribution < -0.4 is 10.5 Å². The Balaban J connectivity index is 2.28. The van der Waals surface area contributed by atoms with Crippen LogP contribution in [0, 0.1) is 0 Å². The molecule has 4 nitrogen and oxygen atoms in total. The quantitative estimate of drug-likeness (QED) is 0.838. The molecule has 19 heavy (non-hydrogen) atoms. The molecule has 0 bridgehead atoms. The molecule has 0 atom stereocenters. The fraction of sp³-hybridized carbons (Fsp3) is 0. The number of nitrogen functional groups attached to an aromatic ring is 1. The largest absolute Gasteiger partial charge is 0.478 e. The van der Waals surface area contributed by atoms with E-state index >= 15 is 0 Å². The summed E-state index contributed by atoms with van der Waals surface area (Å²) in [5.41, 5.74) is 6.05. The van der Waals surface area contributed by atoms with Crippen molar-refractivity contribution >= 4 is 34.9 Å². The van der Waals surface area contributed by atoms with Gasteiger partial charge in [-0.3, -0.25) is 0 Å². The van der Waals surface area contributed by atoms with Gasteiger partial charge in [-0.15, -0.1) is 0 Å². The van der Waals surface area contributed by atoms with Gasteiger partial charge in [-0.1, -0.05) is 23.2 Å². The second-order valence-corrected chi connectivity index (χ2v) is 4.55. The lowest BCUT2D eigenvalue weighted by atomic mass is 10.2. The number of hydrogen-bond donors (Lipinski definition) is 2. The highest BCUT2D eigenvalue weighted by Gasteiger charge is 2.08. The third-order valence-electron chi connectivity index (χ3n) is 2.38. The van der Waals surface area contributed by atoms with Gasteiger partial charge in [0.1, 0.15) is 11.5 Å². The molecule has 0 heterocycles. The highest BCUT2D eigenvalue weighted by Crippen LogP contribution is 2.32. The summed E-state index contributed by atoms with van der Waals surface area (Å²) >= 11 is 11.7. The first-order chi connectivity index (χ1) is 8.97. The summed E-state index contributed by atoms with van der Waals surface area (Å²) in [5, 5.41) is 9.61. The average Bonchev–Trinajstić information content (AvgIpc) is 2.36. The van der Waals surface area contributed by atoms with Gasteiger partial charge in [-0.2, -0.15) is 0 Å². The number of carboxylic acid groups (broad SMARTS) is 1. The van der Waals surface area contributed by atoms with Crippen LogP contribution in [0.2, 0.25) is 10.0 Å². The van der Waals surface area contributed by atoms with Crippen molar-refractivity contribution in [3.05, 3.63) is 52.0 Å². The van der Waals surface area contributed by atoms with Crippen LogP contribution in [0.5, 0.6) is 11.5 Å². The van der Waals surface area contributed by atoms with Gasteiger partial charge < -0.3 is 15.6 Å². The minimum Gasteiger partial charge on any atom is -0.478 e. The van der Waals surface area contributed by atoms with E-state index in [1.54, 1.807) is 18.2 Å². The van der Waals surface area contributed by atoms with Crippen LogP contribution in [0.4, 0.5) is 5.69 Å². The van der Waals surface area contributed by atoms with E-state index in [1.807, 2.05) is 0 Å². The highest BCUT2D eigenvalue weighted by atomic mass is 35.5. The fourth-order valence-electron chi connectivity index (χ4n) is 1.44. The van der Waals surface area contributed by atoms with Gasteiger partial charge in [0.15, 0.2) is 0 Å². The highest BCUT2D eigenvalue weighted by molar-refractivity contribution is 6.42. The summed E-state index contributed by atoms with van der Waals surface area (Å²) in [6.45, 7) is 0. The topological polar surface area (TPSA) is 72.6 Å². The number of halogens is 2. The van der Waals surface area contributed by atoms with Crippen LogP contribution in [0.3, 0.4) is 0 Å². The minimum absolute atomic E-state index is 0.0963. The molecule has 0 aliphatic heterocycles. The van der Waals surface area contributed by atoms with E-state index in [0.29, 0.717) is 21.5 Å². The molecule has 0 radical (unpaired) electrons. The smallest absolute Gasteiger partial charge is 0.335 e. The summed E-state index contributed by atoms with van der Waals surface area (Å²) in [7, 11) is 0. The minimum atomic E-state index is -1.05. The van der Waals surface area contributed by atoms with Gasteiger partial charge in [0.25, 0.3) is 0 Å². The van der Waals surface area contributed by atoms with E-state index in [-0.39, 0.29) is 11.3 Å². The number of carbonyl (C=O) groups is 1.